The summed E-state index contributed by atoms with van der Waals surface area (Å²) in [5.41, 5.74) is -0.503. The SMILES string of the molecule is C[C@@](NC(=O)c1sc(-c2ccc(F)cc2)cc1NC(=O)Nc1c(Cl)cccc1Cl)(C(=O)O)C1CCCCC1. The van der Waals surface area contributed by atoms with E-state index >= 15 is 0 Å². The van der Waals surface area contributed by atoms with Crippen molar-refractivity contribution in [3.8, 4) is 10.4 Å². The summed E-state index contributed by atoms with van der Waals surface area (Å²) in [5, 5.41) is 18.5. The van der Waals surface area contributed by atoms with Gasteiger partial charge >= 0.3 is 12.0 Å². The minimum Gasteiger partial charge on any atom is -0.480 e. The van der Waals surface area contributed by atoms with E-state index < -0.39 is 29.3 Å². The molecule has 0 unspecified atom stereocenters. The van der Waals surface area contributed by atoms with Gasteiger partial charge in [0.25, 0.3) is 5.91 Å². The third kappa shape index (κ3) is 6.11. The Kier molecular flexibility index (Phi) is 8.60. The van der Waals surface area contributed by atoms with Crippen molar-refractivity contribution in [1.29, 1.82) is 0 Å². The second-order valence-electron chi connectivity index (χ2n) is 9.33. The molecule has 2 aromatic carbocycles. The Morgan fingerprint density at radius 1 is 1.00 bits per heavy atom. The van der Waals surface area contributed by atoms with Crippen molar-refractivity contribution in [1.82, 2.24) is 5.32 Å². The first kappa shape index (κ1) is 27.9. The molecule has 0 radical (unpaired) electrons. The number of hydrogen-bond acceptors (Lipinski definition) is 4. The van der Waals surface area contributed by atoms with Gasteiger partial charge in [0, 0.05) is 4.88 Å². The van der Waals surface area contributed by atoms with E-state index in [0.717, 1.165) is 30.6 Å². The number of rotatable bonds is 7. The normalized spacial score (nSPS) is 15.4. The topological polar surface area (TPSA) is 108 Å². The van der Waals surface area contributed by atoms with Gasteiger partial charge in [-0.3, -0.25) is 4.79 Å². The molecular formula is C27H26Cl2FN3O4S. The highest BCUT2D eigenvalue weighted by Gasteiger charge is 2.43. The Bertz CT molecular complexity index is 1340. The fourth-order valence-electron chi connectivity index (χ4n) is 4.60. The van der Waals surface area contributed by atoms with Crippen molar-refractivity contribution in [3.63, 3.8) is 0 Å². The summed E-state index contributed by atoms with van der Waals surface area (Å²) in [6.45, 7) is 1.52. The monoisotopic (exact) mass is 577 g/mol. The summed E-state index contributed by atoms with van der Waals surface area (Å²) in [5.74, 6) is -2.39. The van der Waals surface area contributed by atoms with Gasteiger partial charge in [0.2, 0.25) is 0 Å². The van der Waals surface area contributed by atoms with Gasteiger partial charge < -0.3 is 21.1 Å². The molecule has 0 saturated heterocycles. The van der Waals surface area contributed by atoms with E-state index in [9.17, 15) is 23.9 Å². The van der Waals surface area contributed by atoms with Crippen LogP contribution < -0.4 is 16.0 Å². The lowest BCUT2D eigenvalue weighted by Gasteiger charge is -2.37. The molecule has 4 rings (SSSR count). The van der Waals surface area contributed by atoms with E-state index in [1.807, 2.05) is 0 Å². The minimum absolute atomic E-state index is 0.105. The number of thiophene rings is 1. The van der Waals surface area contributed by atoms with Crippen molar-refractivity contribution in [2.75, 3.05) is 10.6 Å². The van der Waals surface area contributed by atoms with Crippen LogP contribution >= 0.6 is 34.5 Å². The predicted molar refractivity (Wildman–Crippen MR) is 149 cm³/mol. The average Bonchev–Trinajstić information content (AvgIpc) is 3.31. The van der Waals surface area contributed by atoms with Gasteiger partial charge in [-0.25, -0.2) is 14.0 Å². The molecule has 7 nitrogen and oxygen atoms in total. The number of urea groups is 1. The molecule has 11 heteroatoms. The summed E-state index contributed by atoms with van der Waals surface area (Å²) in [4.78, 5) is 39.4. The molecule has 1 fully saturated rings. The second kappa shape index (κ2) is 11.7. The number of nitrogens with one attached hydrogen (secondary N) is 3. The third-order valence-corrected chi connectivity index (χ3v) is 8.57. The summed E-state index contributed by atoms with van der Waals surface area (Å²) in [6, 6.07) is 11.3. The molecule has 0 bridgehead atoms. The standard InChI is InChI=1S/C27H26Cl2FN3O4S/c1-27(25(35)36,16-6-3-2-4-7-16)33-24(34)23-20(14-21(38-23)15-10-12-17(30)13-11-15)31-26(37)32-22-18(28)8-5-9-19(22)29/h5,8-14,16H,2-4,6-7H2,1H3,(H,33,34)(H,35,36)(H2,31,32,37)/t27-/m0/s1. The van der Waals surface area contributed by atoms with E-state index in [2.05, 4.69) is 16.0 Å². The highest BCUT2D eigenvalue weighted by atomic mass is 35.5. The van der Waals surface area contributed by atoms with Gasteiger partial charge in [-0.15, -0.1) is 11.3 Å². The zero-order valence-corrected chi connectivity index (χ0v) is 22.8. The highest BCUT2D eigenvalue weighted by Crippen LogP contribution is 2.38. The van der Waals surface area contributed by atoms with Crippen molar-refractivity contribution in [3.05, 3.63) is 69.3 Å². The molecular weight excluding hydrogens is 552 g/mol. The lowest BCUT2D eigenvalue weighted by atomic mass is 9.75. The molecule has 38 heavy (non-hydrogen) atoms. The van der Waals surface area contributed by atoms with Crippen molar-refractivity contribution in [2.45, 2.75) is 44.6 Å². The molecule has 0 spiro atoms. The van der Waals surface area contributed by atoms with Crippen LogP contribution in [0.1, 0.15) is 48.7 Å². The van der Waals surface area contributed by atoms with E-state index in [1.165, 1.54) is 19.1 Å². The molecule has 3 aromatic rings. The first-order chi connectivity index (χ1) is 18.1. The highest BCUT2D eigenvalue weighted by molar-refractivity contribution is 7.18. The van der Waals surface area contributed by atoms with Crippen molar-refractivity contribution >= 4 is 63.8 Å². The average molecular weight is 578 g/mol. The molecule has 1 heterocycles. The third-order valence-electron chi connectivity index (χ3n) is 6.76. The Morgan fingerprint density at radius 3 is 2.24 bits per heavy atom. The fraction of sp³-hybridized carbons (Fsp3) is 0.296. The Balaban J connectivity index is 1.65. The lowest BCUT2D eigenvalue weighted by molar-refractivity contribution is -0.146. The molecule has 1 atom stereocenters. The number of anilines is 2. The van der Waals surface area contributed by atoms with Crippen molar-refractivity contribution in [2.24, 2.45) is 5.92 Å². The zero-order valence-electron chi connectivity index (χ0n) is 20.4. The number of carboxylic acids is 1. The Hall–Kier alpha value is -3.14. The summed E-state index contributed by atoms with van der Waals surface area (Å²) in [6.07, 6.45) is 4.22. The lowest BCUT2D eigenvalue weighted by Crippen LogP contribution is -2.57. The minimum atomic E-state index is -1.48. The maximum atomic E-state index is 13.5. The predicted octanol–water partition coefficient (Wildman–Crippen LogP) is 7.66. The van der Waals surface area contributed by atoms with Crippen molar-refractivity contribution < 1.29 is 23.9 Å². The van der Waals surface area contributed by atoms with Crippen LogP contribution in [-0.2, 0) is 4.79 Å². The second-order valence-corrected chi connectivity index (χ2v) is 11.2. The number of hydrogen-bond donors (Lipinski definition) is 4. The van der Waals surface area contributed by atoms with Gasteiger partial charge in [-0.05, 0) is 61.6 Å². The molecule has 1 saturated carbocycles. The number of benzene rings is 2. The number of para-hydroxylation sites is 1. The van der Waals surface area contributed by atoms with Gasteiger partial charge in [0.15, 0.2) is 0 Å². The molecule has 1 aliphatic rings. The summed E-state index contributed by atoms with van der Waals surface area (Å²) >= 11 is 13.4. The maximum Gasteiger partial charge on any atom is 0.329 e. The van der Waals surface area contributed by atoms with Crippen LogP contribution in [0.2, 0.25) is 10.0 Å². The van der Waals surface area contributed by atoms with E-state index in [1.54, 1.807) is 36.4 Å². The largest absolute Gasteiger partial charge is 0.480 e. The summed E-state index contributed by atoms with van der Waals surface area (Å²) < 4.78 is 13.5. The number of amides is 3. The first-order valence-corrected chi connectivity index (χ1v) is 13.6. The van der Waals surface area contributed by atoms with Crippen LogP contribution in [0.4, 0.5) is 20.6 Å². The summed E-state index contributed by atoms with van der Waals surface area (Å²) in [7, 11) is 0. The van der Waals surface area contributed by atoms with Crippen LogP contribution in [0.25, 0.3) is 10.4 Å². The number of carbonyl (C=O) groups excluding carboxylic acids is 2. The van der Waals surface area contributed by atoms with Crippen LogP contribution in [0.3, 0.4) is 0 Å². The van der Waals surface area contributed by atoms with Crippen LogP contribution in [0.5, 0.6) is 0 Å². The van der Waals surface area contributed by atoms with E-state index in [4.69, 9.17) is 23.2 Å². The van der Waals surface area contributed by atoms with Crippen LogP contribution in [0, 0.1) is 11.7 Å². The molecule has 0 aliphatic heterocycles. The Labute approximate surface area is 233 Å². The zero-order chi connectivity index (χ0) is 27.4. The van der Waals surface area contributed by atoms with Gasteiger partial charge in [0.05, 0.1) is 21.4 Å². The quantitative estimate of drug-likeness (QED) is 0.231. The maximum absolute atomic E-state index is 13.5. The van der Waals surface area contributed by atoms with Crippen LogP contribution in [-0.4, -0.2) is 28.6 Å². The fourth-order valence-corrected chi connectivity index (χ4v) is 6.10. The first-order valence-electron chi connectivity index (χ1n) is 12.1. The van der Waals surface area contributed by atoms with E-state index in [0.29, 0.717) is 23.3 Å². The smallest absolute Gasteiger partial charge is 0.329 e. The van der Waals surface area contributed by atoms with Gasteiger partial charge in [-0.1, -0.05) is 60.7 Å². The number of halogens is 3. The molecule has 1 aromatic heterocycles. The molecule has 200 valence electrons. The molecule has 1 aliphatic carbocycles. The van der Waals surface area contributed by atoms with Crippen LogP contribution in [0.15, 0.2) is 48.5 Å². The Morgan fingerprint density at radius 2 is 1.63 bits per heavy atom. The molecule has 4 N–H and O–H groups in total. The van der Waals surface area contributed by atoms with Gasteiger partial charge in [-0.2, -0.15) is 0 Å². The number of carbonyl (C=O) groups is 3. The number of aliphatic carboxylic acids is 1. The number of carboxylic acid groups (broad SMARTS) is 1. The van der Waals surface area contributed by atoms with E-state index in [-0.39, 0.29) is 32.2 Å². The molecule has 3 amide bonds. The van der Waals surface area contributed by atoms with Gasteiger partial charge in [0.1, 0.15) is 16.2 Å².